The molecule has 0 saturated carbocycles. The van der Waals surface area contributed by atoms with Gasteiger partial charge in [-0.25, -0.2) is 4.98 Å². The second kappa shape index (κ2) is 13.0. The number of rotatable bonds is 9. The number of thioether (sulfide) groups is 1. The van der Waals surface area contributed by atoms with E-state index in [0.717, 1.165) is 26.2 Å². The Labute approximate surface area is 249 Å². The van der Waals surface area contributed by atoms with Crippen molar-refractivity contribution in [1.82, 2.24) is 4.98 Å². The van der Waals surface area contributed by atoms with Crippen LogP contribution in [0.5, 0.6) is 5.75 Å². The van der Waals surface area contributed by atoms with E-state index in [4.69, 9.17) is 4.74 Å². The van der Waals surface area contributed by atoms with Gasteiger partial charge < -0.3 is 15.4 Å². The van der Waals surface area contributed by atoms with Gasteiger partial charge in [-0.3, -0.25) is 9.59 Å². The van der Waals surface area contributed by atoms with Gasteiger partial charge in [-0.15, -0.1) is 23.1 Å². The summed E-state index contributed by atoms with van der Waals surface area (Å²) in [6, 6.07) is 32.0. The number of benzene rings is 4. The summed E-state index contributed by atoms with van der Waals surface area (Å²) in [5, 5.41) is 7.87. The molecule has 6 nitrogen and oxygen atoms in total. The van der Waals surface area contributed by atoms with E-state index >= 15 is 0 Å². The third-order valence-corrected chi connectivity index (χ3v) is 8.47. The topological polar surface area (TPSA) is 80.3 Å². The molecule has 0 aliphatic heterocycles. The first-order chi connectivity index (χ1) is 19.5. The number of methoxy groups -OCH3 is 1. The maximum atomic E-state index is 13.5. The number of carbonyl (C=O) groups excluding carboxylic acids is 2. The lowest BCUT2D eigenvalue weighted by molar-refractivity contribution is -0.115. The minimum atomic E-state index is -0.501. The van der Waals surface area contributed by atoms with E-state index in [1.165, 1.54) is 23.1 Å². The number of carbonyl (C=O) groups is 2. The van der Waals surface area contributed by atoms with Crippen molar-refractivity contribution in [3.8, 4) is 17.0 Å². The number of nitrogens with zero attached hydrogens (tertiary/aromatic N) is 1. The molecule has 0 spiro atoms. The molecule has 1 atom stereocenters. The molecule has 0 aliphatic carbocycles. The third-order valence-electron chi connectivity index (χ3n) is 5.91. The molecule has 0 radical (unpaired) electrons. The Morgan fingerprint density at radius 2 is 1.65 bits per heavy atom. The van der Waals surface area contributed by atoms with Gasteiger partial charge in [0.15, 0.2) is 5.13 Å². The van der Waals surface area contributed by atoms with Crippen molar-refractivity contribution in [3.63, 3.8) is 0 Å². The summed E-state index contributed by atoms with van der Waals surface area (Å²) in [6.07, 6.45) is 0. The highest BCUT2D eigenvalue weighted by molar-refractivity contribution is 9.10. The van der Waals surface area contributed by atoms with Gasteiger partial charge in [-0.1, -0.05) is 64.5 Å². The van der Waals surface area contributed by atoms with Crippen molar-refractivity contribution < 1.29 is 14.3 Å². The average molecular weight is 631 g/mol. The molecular weight excluding hydrogens is 606 g/mol. The van der Waals surface area contributed by atoms with Crippen LogP contribution in [0.15, 0.2) is 118 Å². The second-order valence-corrected chi connectivity index (χ2v) is 11.6. The van der Waals surface area contributed by atoms with Crippen LogP contribution in [0, 0.1) is 0 Å². The minimum absolute atomic E-state index is 0.164. The van der Waals surface area contributed by atoms with Crippen LogP contribution in [-0.2, 0) is 4.79 Å². The van der Waals surface area contributed by atoms with Gasteiger partial charge in [0.25, 0.3) is 5.91 Å². The SMILES string of the molecule is COc1cccc(C(=O)Nc2ccc(SC(C(=O)Nc3nc(-c4ccc(Br)cc4)cs3)c3ccccc3)cc2)c1. The molecule has 40 heavy (non-hydrogen) atoms. The predicted octanol–water partition coefficient (Wildman–Crippen LogP) is 8.31. The number of thiazole rings is 1. The van der Waals surface area contributed by atoms with E-state index in [2.05, 4.69) is 31.5 Å². The molecule has 9 heteroatoms. The number of nitrogens with one attached hydrogen (secondary N) is 2. The van der Waals surface area contributed by atoms with Gasteiger partial charge in [-0.2, -0.15) is 0 Å². The Kier molecular flexibility index (Phi) is 8.95. The second-order valence-electron chi connectivity index (χ2n) is 8.65. The quantitative estimate of drug-likeness (QED) is 0.160. The maximum absolute atomic E-state index is 13.5. The zero-order chi connectivity index (χ0) is 27.9. The molecule has 0 saturated heterocycles. The Balaban J connectivity index is 1.29. The fourth-order valence-electron chi connectivity index (χ4n) is 3.88. The van der Waals surface area contributed by atoms with Crippen molar-refractivity contribution in [2.75, 3.05) is 17.7 Å². The van der Waals surface area contributed by atoms with Gasteiger partial charge >= 0.3 is 0 Å². The Morgan fingerprint density at radius 3 is 2.38 bits per heavy atom. The van der Waals surface area contributed by atoms with Crippen LogP contribution in [0.1, 0.15) is 21.2 Å². The van der Waals surface area contributed by atoms with E-state index in [1.807, 2.05) is 84.2 Å². The van der Waals surface area contributed by atoms with Crippen molar-refractivity contribution in [2.45, 2.75) is 10.1 Å². The molecule has 5 aromatic rings. The summed E-state index contributed by atoms with van der Waals surface area (Å²) in [4.78, 5) is 31.7. The van der Waals surface area contributed by atoms with Crippen LogP contribution >= 0.6 is 39.0 Å². The van der Waals surface area contributed by atoms with E-state index in [-0.39, 0.29) is 11.8 Å². The number of halogens is 1. The summed E-state index contributed by atoms with van der Waals surface area (Å²) in [5.74, 6) is 0.224. The monoisotopic (exact) mass is 629 g/mol. The van der Waals surface area contributed by atoms with Crippen LogP contribution in [0.25, 0.3) is 11.3 Å². The fourth-order valence-corrected chi connectivity index (χ4v) is 5.89. The Bertz CT molecular complexity index is 1610. The highest BCUT2D eigenvalue weighted by Crippen LogP contribution is 2.37. The molecular formula is C31H24BrN3O3S2. The van der Waals surface area contributed by atoms with Crippen molar-refractivity contribution >= 4 is 61.7 Å². The van der Waals surface area contributed by atoms with Crippen molar-refractivity contribution in [1.29, 1.82) is 0 Å². The van der Waals surface area contributed by atoms with Crippen LogP contribution in [0.2, 0.25) is 0 Å². The van der Waals surface area contributed by atoms with Gasteiger partial charge in [0, 0.05) is 31.6 Å². The van der Waals surface area contributed by atoms with E-state index in [0.29, 0.717) is 22.1 Å². The zero-order valence-electron chi connectivity index (χ0n) is 21.3. The van der Waals surface area contributed by atoms with Gasteiger partial charge in [0.05, 0.1) is 12.8 Å². The lowest BCUT2D eigenvalue weighted by atomic mass is 10.1. The number of hydrogen-bond acceptors (Lipinski definition) is 6. The van der Waals surface area contributed by atoms with Crippen LogP contribution in [-0.4, -0.2) is 23.9 Å². The first-order valence-corrected chi connectivity index (χ1v) is 14.8. The standard InChI is InChI=1S/C31H24BrN3O3S2/c1-38-25-9-5-8-22(18-25)29(36)33-24-14-16-26(17-15-24)40-28(21-6-3-2-4-7-21)30(37)35-31-34-27(19-39-31)20-10-12-23(32)13-11-20/h2-19,28H,1H3,(H,33,36)(H,34,35,37). The zero-order valence-corrected chi connectivity index (χ0v) is 24.6. The van der Waals surface area contributed by atoms with Crippen molar-refractivity contribution in [2.24, 2.45) is 0 Å². The molecule has 0 bridgehead atoms. The number of hydrogen-bond donors (Lipinski definition) is 2. The van der Waals surface area contributed by atoms with Crippen LogP contribution in [0.3, 0.4) is 0 Å². The average Bonchev–Trinajstić information content (AvgIpc) is 3.45. The normalized spacial score (nSPS) is 11.4. The van der Waals surface area contributed by atoms with Gasteiger partial charge in [0.2, 0.25) is 5.91 Å². The summed E-state index contributed by atoms with van der Waals surface area (Å²) < 4.78 is 6.20. The molecule has 2 N–H and O–H groups in total. The van der Waals surface area contributed by atoms with E-state index in [9.17, 15) is 9.59 Å². The smallest absolute Gasteiger partial charge is 0.255 e. The molecule has 0 aliphatic rings. The molecule has 1 unspecified atom stereocenters. The van der Waals surface area contributed by atoms with E-state index in [1.54, 1.807) is 31.4 Å². The largest absolute Gasteiger partial charge is 0.497 e. The lowest BCUT2D eigenvalue weighted by Crippen LogP contribution is -2.19. The summed E-state index contributed by atoms with van der Waals surface area (Å²) >= 11 is 6.28. The predicted molar refractivity (Wildman–Crippen MR) is 166 cm³/mol. The number of amides is 2. The first-order valence-electron chi connectivity index (χ1n) is 12.3. The Morgan fingerprint density at radius 1 is 0.900 bits per heavy atom. The maximum Gasteiger partial charge on any atom is 0.255 e. The van der Waals surface area contributed by atoms with Crippen molar-refractivity contribution in [3.05, 3.63) is 124 Å². The molecule has 2 amide bonds. The van der Waals surface area contributed by atoms with Crippen LogP contribution < -0.4 is 15.4 Å². The summed E-state index contributed by atoms with van der Waals surface area (Å²) in [7, 11) is 1.56. The third kappa shape index (κ3) is 6.98. The van der Waals surface area contributed by atoms with Gasteiger partial charge in [-0.05, 0) is 60.2 Å². The number of anilines is 2. The summed E-state index contributed by atoms with van der Waals surface area (Å²) in [5.41, 5.74) is 3.83. The summed E-state index contributed by atoms with van der Waals surface area (Å²) in [6.45, 7) is 0. The molecule has 4 aromatic carbocycles. The molecule has 1 heterocycles. The highest BCUT2D eigenvalue weighted by Gasteiger charge is 2.23. The molecule has 1 aromatic heterocycles. The molecule has 0 fully saturated rings. The fraction of sp³-hybridized carbons (Fsp3) is 0.0645. The minimum Gasteiger partial charge on any atom is -0.497 e. The first kappa shape index (κ1) is 27.6. The van der Waals surface area contributed by atoms with Gasteiger partial charge in [0.1, 0.15) is 11.0 Å². The molecule has 200 valence electrons. The lowest BCUT2D eigenvalue weighted by Gasteiger charge is -2.16. The van der Waals surface area contributed by atoms with E-state index < -0.39 is 5.25 Å². The Hall–Kier alpha value is -3.92. The van der Waals surface area contributed by atoms with Crippen LogP contribution in [0.4, 0.5) is 10.8 Å². The highest BCUT2D eigenvalue weighted by atomic mass is 79.9. The number of ether oxygens (including phenoxy) is 1. The molecule has 5 rings (SSSR count). The number of aromatic nitrogens is 1.